The second-order valence-electron chi connectivity index (χ2n) is 7.38. The van der Waals surface area contributed by atoms with Crippen LogP contribution in [0.4, 0.5) is 0 Å². The zero-order valence-electron chi connectivity index (χ0n) is 15.9. The van der Waals surface area contributed by atoms with E-state index in [0.717, 1.165) is 38.5 Å². The molecule has 0 radical (unpaired) electrons. The number of nitrogens with one attached hydrogen (secondary N) is 1. The Labute approximate surface area is 161 Å². The highest BCUT2D eigenvalue weighted by Crippen LogP contribution is 2.38. The Morgan fingerprint density at radius 1 is 0.750 bits per heavy atom. The van der Waals surface area contributed by atoms with Crippen LogP contribution in [-0.4, -0.2) is 20.9 Å². The molecular formula is C23H19N3O2. The number of aryl methyl sites for hydroxylation is 3. The van der Waals surface area contributed by atoms with Crippen LogP contribution in [-0.2, 0) is 23.7 Å². The highest BCUT2D eigenvalue weighted by Gasteiger charge is 2.35. The number of rotatable bonds is 2. The Hall–Kier alpha value is -3.60. The third-order valence-corrected chi connectivity index (χ3v) is 5.51. The van der Waals surface area contributed by atoms with E-state index in [4.69, 9.17) is 0 Å². The topological polar surface area (TPSA) is 56.0 Å². The Balaban J connectivity index is 1.88. The molecule has 2 aromatic heterocycles. The van der Waals surface area contributed by atoms with Gasteiger partial charge in [0, 0.05) is 59.4 Å². The number of carbonyl (C=O) groups excluding carboxylic acids is 2. The van der Waals surface area contributed by atoms with Crippen LogP contribution in [0, 0.1) is 6.92 Å². The molecule has 1 aliphatic heterocycles. The number of amides is 2. The average molecular weight is 369 g/mol. The van der Waals surface area contributed by atoms with Gasteiger partial charge >= 0.3 is 0 Å². The molecule has 0 saturated heterocycles. The van der Waals surface area contributed by atoms with E-state index in [-0.39, 0.29) is 11.8 Å². The van der Waals surface area contributed by atoms with Gasteiger partial charge in [-0.1, -0.05) is 29.8 Å². The van der Waals surface area contributed by atoms with Crippen molar-refractivity contribution in [2.45, 2.75) is 6.92 Å². The predicted octanol–water partition coefficient (Wildman–Crippen LogP) is 3.55. The first-order chi connectivity index (χ1) is 13.5. The Bertz CT molecular complexity index is 1350. The minimum absolute atomic E-state index is 0.345. The predicted molar refractivity (Wildman–Crippen MR) is 111 cm³/mol. The van der Waals surface area contributed by atoms with Crippen molar-refractivity contribution in [3.8, 4) is 0 Å². The standard InChI is InChI=1S/C23H19N3O2/c1-13-8-9-19-15(10-13)17(12-26(19)3)21-20(22(27)24-23(21)28)16-11-25(2)18-7-5-4-6-14(16)18/h4-12H,1-3H3,(H,24,27,28). The largest absolute Gasteiger partial charge is 0.350 e. The van der Waals surface area contributed by atoms with E-state index in [2.05, 4.69) is 11.4 Å². The quantitative estimate of drug-likeness (QED) is 0.550. The number of imide groups is 1. The molecule has 3 heterocycles. The fraction of sp³-hybridized carbons (Fsp3) is 0.130. The average Bonchev–Trinajstić information content (AvgIpc) is 3.26. The van der Waals surface area contributed by atoms with Crippen molar-refractivity contribution in [3.05, 3.63) is 71.5 Å². The van der Waals surface area contributed by atoms with Crippen LogP contribution in [0.5, 0.6) is 0 Å². The lowest BCUT2D eigenvalue weighted by Gasteiger charge is -2.03. The molecule has 138 valence electrons. The van der Waals surface area contributed by atoms with Crippen molar-refractivity contribution < 1.29 is 9.59 Å². The van der Waals surface area contributed by atoms with Crippen molar-refractivity contribution in [2.24, 2.45) is 14.1 Å². The monoisotopic (exact) mass is 369 g/mol. The van der Waals surface area contributed by atoms with Gasteiger partial charge in [-0.15, -0.1) is 0 Å². The molecule has 0 unspecified atom stereocenters. The first-order valence-electron chi connectivity index (χ1n) is 9.16. The maximum atomic E-state index is 12.8. The fourth-order valence-electron chi connectivity index (χ4n) is 4.22. The first-order valence-corrected chi connectivity index (χ1v) is 9.16. The molecule has 5 nitrogen and oxygen atoms in total. The summed E-state index contributed by atoms with van der Waals surface area (Å²) in [5.41, 5.74) is 5.60. The third kappa shape index (κ3) is 2.19. The van der Waals surface area contributed by atoms with Gasteiger partial charge in [0.05, 0.1) is 11.1 Å². The lowest BCUT2D eigenvalue weighted by atomic mass is 9.95. The van der Waals surface area contributed by atoms with E-state index >= 15 is 0 Å². The minimum atomic E-state index is -0.346. The Morgan fingerprint density at radius 3 is 2.00 bits per heavy atom. The summed E-state index contributed by atoms with van der Waals surface area (Å²) in [5, 5.41) is 4.44. The lowest BCUT2D eigenvalue weighted by molar-refractivity contribution is -0.122. The van der Waals surface area contributed by atoms with E-state index < -0.39 is 0 Å². The number of nitrogens with zero attached hydrogens (tertiary/aromatic N) is 2. The number of para-hydroxylation sites is 1. The van der Waals surface area contributed by atoms with Gasteiger partial charge in [0.15, 0.2) is 0 Å². The molecule has 5 heteroatoms. The summed E-state index contributed by atoms with van der Waals surface area (Å²) in [5.74, 6) is -0.692. The second-order valence-corrected chi connectivity index (χ2v) is 7.38. The number of aromatic nitrogens is 2. The number of fused-ring (bicyclic) bond motifs is 2. The maximum absolute atomic E-state index is 12.8. The summed E-state index contributed by atoms with van der Waals surface area (Å²) in [6, 6.07) is 14.1. The summed E-state index contributed by atoms with van der Waals surface area (Å²) in [6.07, 6.45) is 3.86. The lowest BCUT2D eigenvalue weighted by Crippen LogP contribution is -2.22. The van der Waals surface area contributed by atoms with Crippen molar-refractivity contribution in [3.63, 3.8) is 0 Å². The maximum Gasteiger partial charge on any atom is 0.259 e. The van der Waals surface area contributed by atoms with Crippen molar-refractivity contribution in [2.75, 3.05) is 0 Å². The molecule has 5 rings (SSSR count). The summed E-state index contributed by atoms with van der Waals surface area (Å²) in [4.78, 5) is 25.7. The third-order valence-electron chi connectivity index (χ3n) is 5.51. The number of hydrogen-bond acceptors (Lipinski definition) is 2. The van der Waals surface area contributed by atoms with Crippen molar-refractivity contribution >= 4 is 44.8 Å². The molecule has 0 aliphatic carbocycles. The van der Waals surface area contributed by atoms with Crippen LogP contribution < -0.4 is 5.32 Å². The molecule has 2 amide bonds. The minimum Gasteiger partial charge on any atom is -0.350 e. The van der Waals surface area contributed by atoms with Crippen LogP contribution in [0.25, 0.3) is 33.0 Å². The summed E-state index contributed by atoms with van der Waals surface area (Å²) in [6.45, 7) is 2.02. The molecule has 0 saturated carbocycles. The molecule has 0 atom stereocenters. The molecule has 0 spiro atoms. The van der Waals surface area contributed by atoms with E-state index in [1.165, 1.54) is 0 Å². The molecule has 28 heavy (non-hydrogen) atoms. The van der Waals surface area contributed by atoms with E-state index in [1.807, 2.05) is 78.9 Å². The fourth-order valence-corrected chi connectivity index (χ4v) is 4.22. The van der Waals surface area contributed by atoms with Crippen LogP contribution in [0.15, 0.2) is 54.9 Å². The molecule has 0 bridgehead atoms. The molecule has 1 N–H and O–H groups in total. The number of carbonyl (C=O) groups is 2. The van der Waals surface area contributed by atoms with Gasteiger partial charge in [-0.05, 0) is 25.1 Å². The normalized spacial score (nSPS) is 14.5. The summed E-state index contributed by atoms with van der Waals surface area (Å²) < 4.78 is 3.98. The van der Waals surface area contributed by atoms with Crippen molar-refractivity contribution in [1.82, 2.24) is 14.5 Å². The first kappa shape index (κ1) is 16.6. The van der Waals surface area contributed by atoms with Gasteiger partial charge in [-0.3, -0.25) is 14.9 Å². The van der Waals surface area contributed by atoms with Crippen LogP contribution in [0.1, 0.15) is 16.7 Å². The highest BCUT2D eigenvalue weighted by molar-refractivity contribution is 6.50. The van der Waals surface area contributed by atoms with Gasteiger partial charge in [0.2, 0.25) is 0 Å². The van der Waals surface area contributed by atoms with E-state index in [1.54, 1.807) is 0 Å². The van der Waals surface area contributed by atoms with Crippen LogP contribution in [0.2, 0.25) is 0 Å². The van der Waals surface area contributed by atoms with Crippen LogP contribution >= 0.6 is 0 Å². The molecule has 4 aromatic rings. The number of hydrogen-bond donors (Lipinski definition) is 1. The van der Waals surface area contributed by atoms with Crippen molar-refractivity contribution in [1.29, 1.82) is 0 Å². The summed E-state index contributed by atoms with van der Waals surface area (Å²) in [7, 11) is 3.90. The Kier molecular flexibility index (Phi) is 3.37. The Morgan fingerprint density at radius 2 is 1.32 bits per heavy atom. The zero-order valence-corrected chi connectivity index (χ0v) is 15.9. The molecule has 0 fully saturated rings. The smallest absolute Gasteiger partial charge is 0.259 e. The second kappa shape index (κ2) is 5.70. The molecule has 2 aromatic carbocycles. The number of benzene rings is 2. The molecular weight excluding hydrogens is 350 g/mol. The summed E-state index contributed by atoms with van der Waals surface area (Å²) >= 11 is 0. The van der Waals surface area contributed by atoms with Gasteiger partial charge < -0.3 is 9.13 Å². The van der Waals surface area contributed by atoms with Crippen LogP contribution in [0.3, 0.4) is 0 Å². The van der Waals surface area contributed by atoms with Gasteiger partial charge in [-0.25, -0.2) is 0 Å². The van der Waals surface area contributed by atoms with E-state index in [0.29, 0.717) is 11.1 Å². The molecule has 1 aliphatic rings. The van der Waals surface area contributed by atoms with Gasteiger partial charge in [-0.2, -0.15) is 0 Å². The highest BCUT2D eigenvalue weighted by atomic mass is 16.2. The van der Waals surface area contributed by atoms with Gasteiger partial charge in [0.25, 0.3) is 11.8 Å². The zero-order chi connectivity index (χ0) is 19.6. The van der Waals surface area contributed by atoms with E-state index in [9.17, 15) is 9.59 Å². The van der Waals surface area contributed by atoms with Gasteiger partial charge in [0.1, 0.15) is 0 Å². The SMILES string of the molecule is Cc1ccc2c(c1)c(C1=C(c3cn(C)c4ccccc34)C(=O)NC1=O)cn2C.